The van der Waals surface area contributed by atoms with Crippen molar-refractivity contribution in [3.05, 3.63) is 41.9 Å². The number of amides is 1. The van der Waals surface area contributed by atoms with Crippen molar-refractivity contribution in [1.29, 1.82) is 0 Å². The largest absolute Gasteiger partial charge is 0.480 e. The third kappa shape index (κ3) is 3.48. The quantitative estimate of drug-likeness (QED) is 0.912. The highest BCUT2D eigenvalue weighted by Crippen LogP contribution is 2.22. The summed E-state index contributed by atoms with van der Waals surface area (Å²) in [6.07, 6.45) is 3.49. The molecule has 0 radical (unpaired) electrons. The first-order valence-electron chi connectivity index (χ1n) is 8.08. The molecule has 126 valence electrons. The number of likely N-dealkylation sites (tertiary alicyclic amines) is 1. The van der Waals surface area contributed by atoms with Gasteiger partial charge in [0.2, 0.25) is 5.91 Å². The van der Waals surface area contributed by atoms with Crippen LogP contribution in [0.3, 0.4) is 0 Å². The molecule has 6 nitrogen and oxygen atoms in total. The van der Waals surface area contributed by atoms with E-state index in [0.717, 1.165) is 12.0 Å². The fraction of sp³-hybridized carbons (Fsp3) is 0.389. The van der Waals surface area contributed by atoms with Gasteiger partial charge in [0.1, 0.15) is 6.04 Å². The molecule has 2 heterocycles. The van der Waals surface area contributed by atoms with Gasteiger partial charge in [-0.3, -0.25) is 4.79 Å². The fourth-order valence-electron chi connectivity index (χ4n) is 2.96. The monoisotopic (exact) mass is 328 g/mol. The number of benzene rings is 1. The van der Waals surface area contributed by atoms with Gasteiger partial charge >= 0.3 is 5.97 Å². The summed E-state index contributed by atoms with van der Waals surface area (Å²) in [6, 6.07) is 7.24. The molecule has 1 aromatic carbocycles. The van der Waals surface area contributed by atoms with Crippen molar-refractivity contribution in [2.45, 2.75) is 38.6 Å². The third-order valence-electron chi connectivity index (χ3n) is 4.30. The second-order valence-electron chi connectivity index (χ2n) is 6.07. The normalized spacial score (nSPS) is 17.2. The molecule has 1 aliphatic heterocycles. The fourth-order valence-corrected chi connectivity index (χ4v) is 2.96. The molecule has 1 saturated heterocycles. The molecule has 0 aliphatic carbocycles. The van der Waals surface area contributed by atoms with E-state index in [-0.39, 0.29) is 12.3 Å². The summed E-state index contributed by atoms with van der Waals surface area (Å²) >= 11 is 0. The Morgan fingerprint density at radius 1 is 1.33 bits per heavy atom. The van der Waals surface area contributed by atoms with Crippen molar-refractivity contribution in [1.82, 2.24) is 9.88 Å². The van der Waals surface area contributed by atoms with Crippen molar-refractivity contribution in [2.24, 2.45) is 0 Å². The molecule has 1 N–H and O–H groups in total. The number of carboxylic acid groups (broad SMARTS) is 1. The highest BCUT2D eigenvalue weighted by molar-refractivity contribution is 5.84. The maximum Gasteiger partial charge on any atom is 0.326 e. The standard InChI is InChI=1S/C18H20N2O4/c1-12-4-6-13(7-5-12)15-11-19-16(24-15)8-9-17(21)20-10-2-3-14(20)18(22)23/h4-7,11,14H,2-3,8-10H2,1H3,(H,22,23). The Kier molecular flexibility index (Phi) is 4.64. The first kappa shape index (κ1) is 16.2. The van der Waals surface area contributed by atoms with Crippen LogP contribution in [0.2, 0.25) is 0 Å². The number of hydrogen-bond donors (Lipinski definition) is 1. The number of hydrogen-bond acceptors (Lipinski definition) is 4. The summed E-state index contributed by atoms with van der Waals surface area (Å²) < 4.78 is 5.70. The van der Waals surface area contributed by atoms with Crippen molar-refractivity contribution >= 4 is 11.9 Å². The summed E-state index contributed by atoms with van der Waals surface area (Å²) in [5.74, 6) is 0.0700. The van der Waals surface area contributed by atoms with Crippen LogP contribution in [-0.4, -0.2) is 39.5 Å². The lowest BCUT2D eigenvalue weighted by molar-refractivity contribution is -0.148. The zero-order valence-electron chi connectivity index (χ0n) is 13.6. The summed E-state index contributed by atoms with van der Waals surface area (Å²) in [5, 5.41) is 9.14. The van der Waals surface area contributed by atoms with Gasteiger partial charge in [-0.2, -0.15) is 0 Å². The lowest BCUT2D eigenvalue weighted by atomic mass is 10.1. The topological polar surface area (TPSA) is 83.6 Å². The summed E-state index contributed by atoms with van der Waals surface area (Å²) in [6.45, 7) is 2.53. The van der Waals surface area contributed by atoms with E-state index in [1.165, 1.54) is 10.5 Å². The van der Waals surface area contributed by atoms with Gasteiger partial charge in [0.25, 0.3) is 0 Å². The Balaban J connectivity index is 1.60. The molecule has 0 bridgehead atoms. The molecule has 3 rings (SSSR count). The van der Waals surface area contributed by atoms with Gasteiger partial charge < -0.3 is 14.4 Å². The molecule has 1 atom stereocenters. The summed E-state index contributed by atoms with van der Waals surface area (Å²) in [7, 11) is 0. The number of aryl methyl sites for hydroxylation is 2. The van der Waals surface area contributed by atoms with E-state index in [0.29, 0.717) is 31.0 Å². The van der Waals surface area contributed by atoms with E-state index in [9.17, 15) is 9.59 Å². The Labute approximate surface area is 140 Å². The summed E-state index contributed by atoms with van der Waals surface area (Å²) in [5.41, 5.74) is 2.11. The Hall–Kier alpha value is -2.63. The molecule has 0 saturated carbocycles. The number of carbonyl (C=O) groups excluding carboxylic acids is 1. The molecular weight excluding hydrogens is 308 g/mol. The van der Waals surface area contributed by atoms with Gasteiger partial charge in [-0.15, -0.1) is 0 Å². The average molecular weight is 328 g/mol. The van der Waals surface area contributed by atoms with E-state index >= 15 is 0 Å². The minimum absolute atomic E-state index is 0.157. The van der Waals surface area contributed by atoms with Gasteiger partial charge in [-0.1, -0.05) is 29.8 Å². The van der Waals surface area contributed by atoms with Crippen LogP contribution >= 0.6 is 0 Å². The highest BCUT2D eigenvalue weighted by Gasteiger charge is 2.33. The first-order chi connectivity index (χ1) is 11.5. The van der Waals surface area contributed by atoms with E-state index in [4.69, 9.17) is 9.52 Å². The molecule has 24 heavy (non-hydrogen) atoms. The van der Waals surface area contributed by atoms with E-state index in [2.05, 4.69) is 4.98 Å². The van der Waals surface area contributed by atoms with E-state index in [1.54, 1.807) is 6.20 Å². The molecular formula is C18H20N2O4. The predicted octanol–water partition coefficient (Wildman–Crippen LogP) is 2.66. The first-order valence-corrected chi connectivity index (χ1v) is 8.08. The second kappa shape index (κ2) is 6.86. The van der Waals surface area contributed by atoms with Crippen molar-refractivity contribution in [3.8, 4) is 11.3 Å². The molecule has 6 heteroatoms. The maximum absolute atomic E-state index is 12.2. The number of carbonyl (C=O) groups is 2. The lowest BCUT2D eigenvalue weighted by Crippen LogP contribution is -2.40. The average Bonchev–Trinajstić information content (AvgIpc) is 3.22. The highest BCUT2D eigenvalue weighted by atomic mass is 16.4. The SMILES string of the molecule is Cc1ccc(-c2cnc(CCC(=O)N3CCCC3C(=O)O)o2)cc1. The minimum atomic E-state index is -0.932. The van der Waals surface area contributed by atoms with Gasteiger partial charge in [-0.05, 0) is 19.8 Å². The number of rotatable bonds is 5. The zero-order chi connectivity index (χ0) is 17.1. The second-order valence-corrected chi connectivity index (χ2v) is 6.07. The van der Waals surface area contributed by atoms with Crippen molar-refractivity contribution in [3.63, 3.8) is 0 Å². The van der Waals surface area contributed by atoms with Crippen molar-refractivity contribution < 1.29 is 19.1 Å². The number of aromatic nitrogens is 1. The van der Waals surface area contributed by atoms with Crippen LogP contribution in [-0.2, 0) is 16.0 Å². The number of aliphatic carboxylic acids is 1. The number of carboxylic acids is 1. The number of oxazole rings is 1. The van der Waals surface area contributed by atoms with Crippen molar-refractivity contribution in [2.75, 3.05) is 6.54 Å². The van der Waals surface area contributed by atoms with Gasteiger partial charge in [0.05, 0.1) is 6.20 Å². The lowest BCUT2D eigenvalue weighted by Gasteiger charge is -2.20. The smallest absolute Gasteiger partial charge is 0.326 e. The number of nitrogens with zero attached hydrogens (tertiary/aromatic N) is 2. The van der Waals surface area contributed by atoms with Crippen LogP contribution in [0, 0.1) is 6.92 Å². The van der Waals surface area contributed by atoms with Gasteiger partial charge in [-0.25, -0.2) is 9.78 Å². The van der Waals surface area contributed by atoms with Crippen LogP contribution in [0.15, 0.2) is 34.9 Å². The molecule has 1 aromatic heterocycles. The van der Waals surface area contributed by atoms with Crippen LogP contribution in [0.25, 0.3) is 11.3 Å². The van der Waals surface area contributed by atoms with E-state index in [1.807, 2.05) is 31.2 Å². The minimum Gasteiger partial charge on any atom is -0.480 e. The molecule has 0 spiro atoms. The van der Waals surface area contributed by atoms with Gasteiger partial charge in [0.15, 0.2) is 11.7 Å². The summed E-state index contributed by atoms with van der Waals surface area (Å²) in [4.78, 5) is 29.1. The molecule has 1 fully saturated rings. The Bertz CT molecular complexity index is 736. The van der Waals surface area contributed by atoms with Crippen LogP contribution in [0.5, 0.6) is 0 Å². The molecule has 1 aliphatic rings. The van der Waals surface area contributed by atoms with Crippen LogP contribution in [0.1, 0.15) is 30.7 Å². The predicted molar refractivity (Wildman–Crippen MR) is 87.4 cm³/mol. The molecule has 2 aromatic rings. The zero-order valence-corrected chi connectivity index (χ0v) is 13.6. The molecule has 1 amide bonds. The molecule has 1 unspecified atom stereocenters. The third-order valence-corrected chi connectivity index (χ3v) is 4.30. The Morgan fingerprint density at radius 2 is 2.08 bits per heavy atom. The Morgan fingerprint density at radius 3 is 2.79 bits per heavy atom. The van der Waals surface area contributed by atoms with E-state index < -0.39 is 12.0 Å². The van der Waals surface area contributed by atoms with Crippen LogP contribution < -0.4 is 0 Å². The van der Waals surface area contributed by atoms with Gasteiger partial charge in [0, 0.05) is 24.9 Å². The van der Waals surface area contributed by atoms with Crippen LogP contribution in [0.4, 0.5) is 0 Å². The maximum atomic E-state index is 12.2.